The number of rotatable bonds is 8. The van der Waals surface area contributed by atoms with Crippen LogP contribution in [-0.2, 0) is 9.53 Å². The third-order valence-electron chi connectivity index (χ3n) is 5.35. The molecule has 0 aliphatic heterocycles. The predicted molar refractivity (Wildman–Crippen MR) is 116 cm³/mol. The second-order valence-electron chi connectivity index (χ2n) is 7.31. The molecule has 1 atom stereocenters. The van der Waals surface area contributed by atoms with Gasteiger partial charge in [-0.3, -0.25) is 0 Å². The first-order chi connectivity index (χ1) is 15.1. The lowest BCUT2D eigenvalue weighted by atomic mass is 9.98. The fraction of sp³-hybridized carbons (Fsp3) is 0.200. The second kappa shape index (κ2) is 9.34. The molecule has 2 N–H and O–H groups in total. The number of para-hydroxylation sites is 1. The van der Waals surface area contributed by atoms with E-state index in [2.05, 4.69) is 17.4 Å². The second-order valence-corrected chi connectivity index (χ2v) is 7.31. The molecule has 1 amide bonds. The number of alkyl carbamates (subject to hydrolysis) is 1. The highest BCUT2D eigenvalue weighted by Crippen LogP contribution is 2.44. The van der Waals surface area contributed by atoms with E-state index in [-0.39, 0.29) is 25.6 Å². The van der Waals surface area contributed by atoms with Gasteiger partial charge in [-0.1, -0.05) is 66.7 Å². The Morgan fingerprint density at radius 1 is 0.871 bits per heavy atom. The average Bonchev–Trinajstić information content (AvgIpc) is 3.11. The van der Waals surface area contributed by atoms with E-state index in [1.807, 2.05) is 54.6 Å². The molecule has 4 rings (SSSR count). The van der Waals surface area contributed by atoms with E-state index in [1.54, 1.807) is 12.1 Å². The number of benzene rings is 3. The number of hydrogen-bond acceptors (Lipinski definition) is 4. The molecule has 3 aromatic carbocycles. The van der Waals surface area contributed by atoms with Crippen LogP contribution in [0.5, 0.6) is 5.75 Å². The van der Waals surface area contributed by atoms with Crippen molar-refractivity contribution in [3.8, 4) is 16.9 Å². The molecule has 0 spiro atoms. The molecule has 31 heavy (non-hydrogen) atoms. The summed E-state index contributed by atoms with van der Waals surface area (Å²) in [6, 6.07) is 24.1. The zero-order valence-corrected chi connectivity index (χ0v) is 16.9. The first kappa shape index (κ1) is 20.5. The molecule has 1 aliphatic rings. The van der Waals surface area contributed by atoms with E-state index in [4.69, 9.17) is 9.47 Å². The summed E-state index contributed by atoms with van der Waals surface area (Å²) in [5.41, 5.74) is 4.47. The topological polar surface area (TPSA) is 84.9 Å². The molecule has 1 aliphatic carbocycles. The van der Waals surface area contributed by atoms with Gasteiger partial charge in [-0.15, -0.1) is 0 Å². The molecule has 0 unspecified atom stereocenters. The Kier molecular flexibility index (Phi) is 6.17. The molecular weight excluding hydrogens is 394 g/mol. The van der Waals surface area contributed by atoms with Crippen LogP contribution in [0.4, 0.5) is 4.79 Å². The summed E-state index contributed by atoms with van der Waals surface area (Å²) in [6.45, 7) is 0.289. The number of nitrogens with one attached hydrogen (secondary N) is 1. The highest BCUT2D eigenvalue weighted by molar-refractivity contribution is 5.81. The Hall–Kier alpha value is -3.80. The van der Waals surface area contributed by atoms with Crippen molar-refractivity contribution in [2.45, 2.75) is 18.4 Å². The van der Waals surface area contributed by atoms with E-state index >= 15 is 0 Å². The summed E-state index contributed by atoms with van der Waals surface area (Å²) >= 11 is 0. The monoisotopic (exact) mass is 417 g/mol. The fourth-order valence-corrected chi connectivity index (χ4v) is 3.85. The Balaban J connectivity index is 1.34. The van der Waals surface area contributed by atoms with E-state index in [9.17, 15) is 14.7 Å². The van der Waals surface area contributed by atoms with E-state index in [1.165, 1.54) is 0 Å². The fourth-order valence-electron chi connectivity index (χ4n) is 3.85. The summed E-state index contributed by atoms with van der Waals surface area (Å²) in [5.74, 6) is -0.569. The van der Waals surface area contributed by atoms with Crippen molar-refractivity contribution in [3.05, 3.63) is 90.0 Å². The zero-order chi connectivity index (χ0) is 21.6. The Bertz CT molecular complexity index is 1020. The van der Waals surface area contributed by atoms with E-state index in [0.29, 0.717) is 5.75 Å². The summed E-state index contributed by atoms with van der Waals surface area (Å²) in [5, 5.41) is 11.9. The quantitative estimate of drug-likeness (QED) is 0.566. The maximum atomic E-state index is 12.3. The molecule has 0 heterocycles. The van der Waals surface area contributed by atoms with Gasteiger partial charge in [0.15, 0.2) is 0 Å². The molecule has 6 nitrogen and oxygen atoms in total. The number of amides is 1. The van der Waals surface area contributed by atoms with Crippen LogP contribution in [0.1, 0.15) is 23.5 Å². The lowest BCUT2D eigenvalue weighted by Crippen LogP contribution is -2.42. The standard InChI is InChI=1S/C25H23NO5/c27-24(28)23(14-15-30-17-8-2-1-3-9-17)26-25(29)31-16-22-20-12-6-4-10-18(20)19-11-5-7-13-21(19)22/h1-13,22-23H,14-16H2,(H,26,29)(H,27,28)/t23-/m1/s1. The number of carboxylic acid groups (broad SMARTS) is 1. The average molecular weight is 417 g/mol. The van der Waals surface area contributed by atoms with Gasteiger partial charge in [0.2, 0.25) is 0 Å². The van der Waals surface area contributed by atoms with Crippen molar-refractivity contribution in [1.82, 2.24) is 5.32 Å². The van der Waals surface area contributed by atoms with Gasteiger partial charge in [-0.05, 0) is 34.4 Å². The van der Waals surface area contributed by atoms with Crippen molar-refractivity contribution in [1.29, 1.82) is 0 Å². The van der Waals surface area contributed by atoms with E-state index < -0.39 is 18.1 Å². The first-order valence-corrected chi connectivity index (χ1v) is 10.2. The van der Waals surface area contributed by atoms with Crippen molar-refractivity contribution in [2.24, 2.45) is 0 Å². The van der Waals surface area contributed by atoms with Crippen LogP contribution in [0.25, 0.3) is 11.1 Å². The van der Waals surface area contributed by atoms with Gasteiger partial charge in [0.05, 0.1) is 6.61 Å². The number of fused-ring (bicyclic) bond motifs is 3. The van der Waals surface area contributed by atoms with Gasteiger partial charge < -0.3 is 19.9 Å². The predicted octanol–water partition coefficient (Wildman–Crippen LogP) is 4.45. The van der Waals surface area contributed by atoms with E-state index in [0.717, 1.165) is 22.3 Å². The van der Waals surface area contributed by atoms with Gasteiger partial charge in [0.1, 0.15) is 18.4 Å². The normalized spacial score (nSPS) is 13.0. The molecule has 0 radical (unpaired) electrons. The van der Waals surface area contributed by atoms with Gasteiger partial charge in [0, 0.05) is 12.3 Å². The van der Waals surface area contributed by atoms with Crippen molar-refractivity contribution >= 4 is 12.1 Å². The van der Waals surface area contributed by atoms with Crippen molar-refractivity contribution in [3.63, 3.8) is 0 Å². The van der Waals surface area contributed by atoms with Crippen LogP contribution in [0.3, 0.4) is 0 Å². The zero-order valence-electron chi connectivity index (χ0n) is 16.9. The third kappa shape index (κ3) is 4.69. The molecule has 0 fully saturated rings. The number of hydrogen-bond donors (Lipinski definition) is 2. The maximum absolute atomic E-state index is 12.3. The summed E-state index contributed by atoms with van der Waals surface area (Å²) < 4.78 is 11.0. The van der Waals surface area contributed by atoms with Gasteiger partial charge in [0.25, 0.3) is 0 Å². The summed E-state index contributed by atoms with van der Waals surface area (Å²) in [7, 11) is 0. The molecule has 158 valence electrons. The number of aliphatic carboxylic acids is 1. The number of carbonyl (C=O) groups is 2. The molecule has 0 aromatic heterocycles. The lowest BCUT2D eigenvalue weighted by molar-refractivity contribution is -0.139. The highest BCUT2D eigenvalue weighted by atomic mass is 16.5. The third-order valence-corrected chi connectivity index (χ3v) is 5.35. The molecule has 6 heteroatoms. The first-order valence-electron chi connectivity index (χ1n) is 10.2. The van der Waals surface area contributed by atoms with Crippen LogP contribution in [0.15, 0.2) is 78.9 Å². The van der Waals surface area contributed by atoms with Gasteiger partial charge >= 0.3 is 12.1 Å². The lowest BCUT2D eigenvalue weighted by Gasteiger charge is -2.17. The van der Waals surface area contributed by atoms with Crippen LogP contribution in [-0.4, -0.2) is 36.4 Å². The Morgan fingerprint density at radius 3 is 2.06 bits per heavy atom. The molecule has 0 bridgehead atoms. The number of carbonyl (C=O) groups excluding carboxylic acids is 1. The van der Waals surface area contributed by atoms with Gasteiger partial charge in [-0.2, -0.15) is 0 Å². The summed E-state index contributed by atoms with van der Waals surface area (Å²) in [4.78, 5) is 23.9. The molecule has 3 aromatic rings. The Labute approximate surface area is 180 Å². The maximum Gasteiger partial charge on any atom is 0.407 e. The molecule has 0 saturated carbocycles. The van der Waals surface area contributed by atoms with Crippen LogP contribution in [0.2, 0.25) is 0 Å². The van der Waals surface area contributed by atoms with Crippen LogP contribution < -0.4 is 10.1 Å². The van der Waals surface area contributed by atoms with Gasteiger partial charge in [-0.25, -0.2) is 9.59 Å². The van der Waals surface area contributed by atoms with Crippen molar-refractivity contribution < 1.29 is 24.2 Å². The molecular formula is C25H23NO5. The number of carboxylic acids is 1. The largest absolute Gasteiger partial charge is 0.494 e. The van der Waals surface area contributed by atoms with Crippen LogP contribution >= 0.6 is 0 Å². The SMILES string of the molecule is O=C(N[C@H](CCOc1ccccc1)C(=O)O)OCC1c2ccccc2-c2ccccc21. The highest BCUT2D eigenvalue weighted by Gasteiger charge is 2.29. The smallest absolute Gasteiger partial charge is 0.407 e. The summed E-state index contributed by atoms with van der Waals surface area (Å²) in [6.07, 6.45) is -0.636. The molecule has 0 saturated heterocycles. The number of ether oxygens (including phenoxy) is 2. The minimum absolute atomic E-state index is 0.0807. The van der Waals surface area contributed by atoms with Crippen molar-refractivity contribution in [2.75, 3.05) is 13.2 Å². The minimum Gasteiger partial charge on any atom is -0.494 e. The minimum atomic E-state index is -1.13. The Morgan fingerprint density at radius 2 is 1.45 bits per heavy atom. The van der Waals surface area contributed by atoms with Crippen LogP contribution in [0, 0.1) is 0 Å².